The zero-order chi connectivity index (χ0) is 18.3. The van der Waals surface area contributed by atoms with Gasteiger partial charge in [0, 0.05) is 38.8 Å². The van der Waals surface area contributed by atoms with Gasteiger partial charge < -0.3 is 20.3 Å². The predicted octanol–water partition coefficient (Wildman–Crippen LogP) is 2.67. The van der Waals surface area contributed by atoms with E-state index in [-0.39, 0.29) is 18.4 Å². The van der Waals surface area contributed by atoms with Crippen LogP contribution in [0.5, 0.6) is 0 Å². The third-order valence-corrected chi connectivity index (χ3v) is 3.20. The predicted molar refractivity (Wildman–Crippen MR) is 96.1 cm³/mol. The molecule has 0 fully saturated rings. The first-order valence-corrected chi connectivity index (χ1v) is 8.10. The van der Waals surface area contributed by atoms with Gasteiger partial charge in [-0.3, -0.25) is 4.79 Å². The first-order valence-electron chi connectivity index (χ1n) is 8.10. The number of amides is 2. The number of rotatable bonds is 6. The smallest absolute Gasteiger partial charge is 0.407 e. The minimum absolute atomic E-state index is 0.118. The van der Waals surface area contributed by atoms with Crippen molar-refractivity contribution in [3.8, 4) is 0 Å². The van der Waals surface area contributed by atoms with Crippen molar-refractivity contribution in [3.63, 3.8) is 0 Å². The van der Waals surface area contributed by atoms with Crippen LogP contribution in [0, 0.1) is 0 Å². The Hall–Kier alpha value is -2.24. The summed E-state index contributed by atoms with van der Waals surface area (Å²) in [5.74, 6) is -0.118. The van der Waals surface area contributed by atoms with Crippen molar-refractivity contribution in [3.05, 3.63) is 29.8 Å². The van der Waals surface area contributed by atoms with Crippen molar-refractivity contribution in [2.45, 2.75) is 52.3 Å². The van der Waals surface area contributed by atoms with Gasteiger partial charge in [0.1, 0.15) is 5.60 Å². The van der Waals surface area contributed by atoms with Gasteiger partial charge in [-0.2, -0.15) is 0 Å². The molecule has 0 radical (unpaired) electrons. The van der Waals surface area contributed by atoms with E-state index in [9.17, 15) is 9.59 Å². The highest BCUT2D eigenvalue weighted by molar-refractivity contribution is 5.77. The summed E-state index contributed by atoms with van der Waals surface area (Å²) in [4.78, 5) is 25.7. The molecule has 0 aliphatic carbocycles. The number of benzene rings is 1. The maximum atomic E-state index is 12.1. The summed E-state index contributed by atoms with van der Waals surface area (Å²) in [6.07, 6.45) is -0.315. The summed E-state index contributed by atoms with van der Waals surface area (Å²) in [6, 6.07) is 7.60. The number of anilines is 1. The van der Waals surface area contributed by atoms with Gasteiger partial charge in [-0.15, -0.1) is 0 Å². The fourth-order valence-electron chi connectivity index (χ4n) is 2.20. The van der Waals surface area contributed by atoms with E-state index in [1.807, 2.05) is 43.3 Å². The van der Waals surface area contributed by atoms with Crippen LogP contribution in [0.15, 0.2) is 24.3 Å². The molecule has 24 heavy (non-hydrogen) atoms. The molecule has 1 aromatic carbocycles. The third kappa shape index (κ3) is 7.35. The topological polar surface area (TPSA) is 70.7 Å². The van der Waals surface area contributed by atoms with E-state index in [0.29, 0.717) is 6.54 Å². The second kappa shape index (κ2) is 8.57. The molecule has 0 saturated carbocycles. The first kappa shape index (κ1) is 19.8. The summed E-state index contributed by atoms with van der Waals surface area (Å²) in [6.45, 7) is 7.62. The first-order chi connectivity index (χ1) is 11.1. The zero-order valence-electron chi connectivity index (χ0n) is 15.5. The van der Waals surface area contributed by atoms with Crippen LogP contribution in [0.4, 0.5) is 10.5 Å². The number of nitrogens with one attached hydrogen (secondary N) is 2. The van der Waals surface area contributed by atoms with Crippen LogP contribution in [-0.2, 0) is 16.1 Å². The number of ether oxygens (including phenoxy) is 1. The Morgan fingerprint density at radius 2 is 1.83 bits per heavy atom. The molecule has 1 rings (SSSR count). The molecule has 1 aromatic rings. The fourth-order valence-corrected chi connectivity index (χ4v) is 2.20. The highest BCUT2D eigenvalue weighted by Crippen LogP contribution is 2.17. The minimum Gasteiger partial charge on any atom is -0.444 e. The second-order valence-electron chi connectivity index (χ2n) is 7.05. The van der Waals surface area contributed by atoms with Gasteiger partial charge in [-0.1, -0.05) is 18.2 Å². The van der Waals surface area contributed by atoms with Crippen molar-refractivity contribution in [1.82, 2.24) is 10.6 Å². The summed E-state index contributed by atoms with van der Waals surface area (Å²) in [5.41, 5.74) is 1.56. The average molecular weight is 335 g/mol. The van der Waals surface area contributed by atoms with Gasteiger partial charge in [-0.05, 0) is 39.3 Å². The van der Waals surface area contributed by atoms with Crippen LogP contribution in [0.25, 0.3) is 0 Å². The number of carbonyl (C=O) groups excluding carboxylic acids is 2. The highest BCUT2D eigenvalue weighted by atomic mass is 16.6. The van der Waals surface area contributed by atoms with E-state index >= 15 is 0 Å². The van der Waals surface area contributed by atoms with Crippen molar-refractivity contribution in [2.75, 3.05) is 19.0 Å². The number of carbonyl (C=O) groups is 2. The Balaban J connectivity index is 2.45. The van der Waals surface area contributed by atoms with E-state index in [1.54, 1.807) is 27.7 Å². The Morgan fingerprint density at radius 3 is 2.42 bits per heavy atom. The van der Waals surface area contributed by atoms with Gasteiger partial charge >= 0.3 is 6.09 Å². The molecule has 1 atom stereocenters. The van der Waals surface area contributed by atoms with Crippen molar-refractivity contribution >= 4 is 17.7 Å². The van der Waals surface area contributed by atoms with Gasteiger partial charge in [0.15, 0.2) is 0 Å². The summed E-state index contributed by atoms with van der Waals surface area (Å²) < 4.78 is 5.17. The Kier molecular flexibility index (Phi) is 7.07. The van der Waals surface area contributed by atoms with E-state index < -0.39 is 11.7 Å². The fraction of sp³-hybridized carbons (Fsp3) is 0.556. The SMILES string of the molecule is C[C@H](CC(=O)NCc1ccccc1N(C)C)NC(=O)OC(C)(C)C. The molecule has 0 saturated heterocycles. The van der Waals surface area contributed by atoms with Crippen LogP contribution in [0.3, 0.4) is 0 Å². The second-order valence-corrected chi connectivity index (χ2v) is 7.05. The molecular weight excluding hydrogens is 306 g/mol. The molecular formula is C18H29N3O3. The van der Waals surface area contributed by atoms with E-state index in [4.69, 9.17) is 4.74 Å². The molecule has 0 heterocycles. The van der Waals surface area contributed by atoms with Crippen LogP contribution < -0.4 is 15.5 Å². The molecule has 0 aliphatic heterocycles. The molecule has 0 aromatic heterocycles. The molecule has 0 bridgehead atoms. The lowest BCUT2D eigenvalue weighted by molar-refractivity contribution is -0.121. The maximum Gasteiger partial charge on any atom is 0.407 e. The number of hydrogen-bond donors (Lipinski definition) is 2. The molecule has 0 aliphatic rings. The molecule has 6 nitrogen and oxygen atoms in total. The number of hydrogen-bond acceptors (Lipinski definition) is 4. The van der Waals surface area contributed by atoms with Gasteiger partial charge in [0.2, 0.25) is 5.91 Å². The Bertz CT molecular complexity index is 565. The molecule has 2 N–H and O–H groups in total. The van der Waals surface area contributed by atoms with Crippen molar-refractivity contribution < 1.29 is 14.3 Å². The highest BCUT2D eigenvalue weighted by Gasteiger charge is 2.19. The third-order valence-electron chi connectivity index (χ3n) is 3.20. The monoisotopic (exact) mass is 335 g/mol. The maximum absolute atomic E-state index is 12.1. The van der Waals surface area contributed by atoms with Gasteiger partial charge in [0.05, 0.1) is 0 Å². The van der Waals surface area contributed by atoms with Crippen molar-refractivity contribution in [1.29, 1.82) is 0 Å². The molecule has 6 heteroatoms. The Morgan fingerprint density at radius 1 is 1.21 bits per heavy atom. The minimum atomic E-state index is -0.554. The largest absolute Gasteiger partial charge is 0.444 e. The number of alkyl carbamates (subject to hydrolysis) is 1. The number of para-hydroxylation sites is 1. The normalized spacial score (nSPS) is 12.2. The van der Waals surface area contributed by atoms with Crippen molar-refractivity contribution in [2.24, 2.45) is 0 Å². The summed E-state index contributed by atoms with van der Waals surface area (Å²) in [5, 5.41) is 5.55. The lowest BCUT2D eigenvalue weighted by Crippen LogP contribution is -2.40. The molecule has 0 unspecified atom stereocenters. The Labute approximate surface area is 144 Å². The molecule has 0 spiro atoms. The summed E-state index contributed by atoms with van der Waals surface area (Å²) >= 11 is 0. The van der Waals surface area contributed by atoms with E-state index in [0.717, 1.165) is 11.3 Å². The van der Waals surface area contributed by atoms with E-state index in [1.165, 1.54) is 0 Å². The number of nitrogens with zero attached hydrogens (tertiary/aromatic N) is 1. The van der Waals surface area contributed by atoms with Gasteiger partial charge in [0.25, 0.3) is 0 Å². The summed E-state index contributed by atoms with van der Waals surface area (Å²) in [7, 11) is 3.93. The van der Waals surface area contributed by atoms with Crippen LogP contribution >= 0.6 is 0 Å². The van der Waals surface area contributed by atoms with Gasteiger partial charge in [-0.25, -0.2) is 4.79 Å². The standard InChI is InChI=1S/C18H29N3O3/c1-13(20-17(23)24-18(2,3)4)11-16(22)19-12-14-9-7-8-10-15(14)21(5)6/h7-10,13H,11-12H2,1-6H3,(H,19,22)(H,20,23)/t13-/m1/s1. The molecule has 2 amide bonds. The lowest BCUT2D eigenvalue weighted by atomic mass is 10.1. The lowest BCUT2D eigenvalue weighted by Gasteiger charge is -2.22. The van der Waals surface area contributed by atoms with Crippen LogP contribution in [0.1, 0.15) is 39.7 Å². The van der Waals surface area contributed by atoms with Crippen LogP contribution in [0.2, 0.25) is 0 Å². The van der Waals surface area contributed by atoms with Crippen LogP contribution in [-0.4, -0.2) is 37.7 Å². The molecule has 134 valence electrons. The van der Waals surface area contributed by atoms with E-state index in [2.05, 4.69) is 10.6 Å². The average Bonchev–Trinajstić information content (AvgIpc) is 2.42. The quantitative estimate of drug-likeness (QED) is 0.838. The zero-order valence-corrected chi connectivity index (χ0v) is 15.5.